The highest BCUT2D eigenvalue weighted by Crippen LogP contribution is 2.22. The summed E-state index contributed by atoms with van der Waals surface area (Å²) >= 11 is 0. The summed E-state index contributed by atoms with van der Waals surface area (Å²) in [7, 11) is 1.95. The molecule has 0 aromatic heterocycles. The number of carbonyl (C=O) groups is 1. The Morgan fingerprint density at radius 2 is 2.19 bits per heavy atom. The lowest BCUT2D eigenvalue weighted by Gasteiger charge is -2.38. The summed E-state index contributed by atoms with van der Waals surface area (Å²) in [5, 5.41) is 11.1. The van der Waals surface area contributed by atoms with Crippen LogP contribution in [0.15, 0.2) is 22.1 Å². The molecule has 0 bridgehead atoms. The first-order valence-electron chi connectivity index (χ1n) is 9.51. The zero-order chi connectivity index (χ0) is 18.9. The number of amides is 1. The highest BCUT2D eigenvalue weighted by Gasteiger charge is 2.31. The van der Waals surface area contributed by atoms with Gasteiger partial charge in [-0.05, 0) is 52.4 Å². The molecular weight excluding hydrogens is 328 g/mol. The van der Waals surface area contributed by atoms with Crippen LogP contribution in [0.3, 0.4) is 0 Å². The third kappa shape index (κ3) is 5.85. The summed E-state index contributed by atoms with van der Waals surface area (Å²) < 4.78 is 0. The molecule has 1 saturated heterocycles. The molecule has 2 unspecified atom stereocenters. The predicted octanol–water partition coefficient (Wildman–Crippen LogP) is 1.21. The summed E-state index contributed by atoms with van der Waals surface area (Å²) in [6.07, 6.45) is 9.52. The van der Waals surface area contributed by atoms with Crippen molar-refractivity contribution in [3.63, 3.8) is 0 Å². The predicted molar refractivity (Wildman–Crippen MR) is 108 cm³/mol. The molecule has 7 heteroatoms. The smallest absolute Gasteiger partial charge is 0.234 e. The number of hydrogen-bond acceptors (Lipinski definition) is 5. The van der Waals surface area contributed by atoms with Gasteiger partial charge in [0, 0.05) is 19.0 Å². The fourth-order valence-corrected chi connectivity index (χ4v) is 3.39. The van der Waals surface area contributed by atoms with Crippen molar-refractivity contribution in [3.05, 3.63) is 12.2 Å². The van der Waals surface area contributed by atoms with Gasteiger partial charge < -0.3 is 5.32 Å². The number of allylic oxidation sites excluding steroid dienone is 1. The van der Waals surface area contributed by atoms with Crippen LogP contribution in [0.25, 0.3) is 0 Å². The van der Waals surface area contributed by atoms with Gasteiger partial charge in [-0.2, -0.15) is 0 Å². The average Bonchev–Trinajstić information content (AvgIpc) is 2.65. The van der Waals surface area contributed by atoms with Crippen LogP contribution in [0.4, 0.5) is 0 Å². The molecule has 0 aromatic rings. The van der Waals surface area contributed by atoms with Crippen molar-refractivity contribution in [2.24, 2.45) is 15.9 Å². The third-order valence-electron chi connectivity index (χ3n) is 5.13. The first-order chi connectivity index (χ1) is 12.5. The van der Waals surface area contributed by atoms with E-state index in [9.17, 15) is 4.79 Å². The number of aliphatic imine (C=N–C) groups is 2. The number of nitrogens with zero attached hydrogens (tertiary/aromatic N) is 4. The Morgan fingerprint density at radius 1 is 1.46 bits per heavy atom. The lowest BCUT2D eigenvalue weighted by Crippen LogP contribution is -2.49. The Balaban J connectivity index is 1.82. The highest BCUT2D eigenvalue weighted by molar-refractivity contribution is 6.21. The maximum Gasteiger partial charge on any atom is 0.234 e. The second kappa shape index (κ2) is 10.3. The van der Waals surface area contributed by atoms with E-state index in [0.717, 1.165) is 39.0 Å². The van der Waals surface area contributed by atoms with E-state index in [1.54, 1.807) is 12.4 Å². The van der Waals surface area contributed by atoms with Gasteiger partial charge in [-0.15, -0.1) is 0 Å². The van der Waals surface area contributed by atoms with Crippen LogP contribution in [0.2, 0.25) is 0 Å². The summed E-state index contributed by atoms with van der Waals surface area (Å²) in [4.78, 5) is 24.9. The van der Waals surface area contributed by atoms with Gasteiger partial charge in [-0.1, -0.05) is 19.1 Å². The van der Waals surface area contributed by atoms with Crippen LogP contribution in [-0.4, -0.2) is 85.8 Å². The van der Waals surface area contributed by atoms with Crippen LogP contribution >= 0.6 is 0 Å². The second-order valence-electron chi connectivity index (χ2n) is 7.04. The van der Waals surface area contributed by atoms with Gasteiger partial charge in [0.25, 0.3) is 0 Å². The van der Waals surface area contributed by atoms with Crippen LogP contribution in [0.1, 0.15) is 26.7 Å². The molecule has 7 nitrogen and oxygen atoms in total. The summed E-state index contributed by atoms with van der Waals surface area (Å²) in [6, 6.07) is -0.146. The molecule has 0 spiro atoms. The lowest BCUT2D eigenvalue weighted by molar-refractivity contribution is -0.122. The van der Waals surface area contributed by atoms with E-state index in [1.807, 2.05) is 31.9 Å². The first-order valence-corrected chi connectivity index (χ1v) is 9.51. The Bertz CT molecular complexity index is 562. The van der Waals surface area contributed by atoms with Crippen LogP contribution < -0.4 is 5.32 Å². The minimum Gasteiger partial charge on any atom is -0.355 e. The van der Waals surface area contributed by atoms with E-state index in [-0.39, 0.29) is 18.0 Å². The number of carbonyl (C=O) groups excluding carboxylic acids is 1. The van der Waals surface area contributed by atoms with Gasteiger partial charge in [0.15, 0.2) is 0 Å². The van der Waals surface area contributed by atoms with Crippen LogP contribution in [0, 0.1) is 11.3 Å². The molecule has 0 aromatic carbocycles. The first kappa shape index (κ1) is 20.5. The number of piperidine rings is 1. The quantitative estimate of drug-likeness (QED) is 0.638. The van der Waals surface area contributed by atoms with E-state index in [0.29, 0.717) is 18.3 Å². The molecule has 1 fully saturated rings. The number of likely N-dealkylation sites (N-methyl/N-ethyl adjacent to an activating group) is 1. The molecule has 2 N–H and O–H groups in total. The van der Waals surface area contributed by atoms with E-state index in [2.05, 4.69) is 26.3 Å². The minimum atomic E-state index is -0.225. The molecule has 26 heavy (non-hydrogen) atoms. The van der Waals surface area contributed by atoms with E-state index in [4.69, 9.17) is 5.41 Å². The third-order valence-corrected chi connectivity index (χ3v) is 5.13. The fraction of sp³-hybridized carbons (Fsp3) is 0.684. The number of nitrogens with one attached hydrogen (secondary N) is 2. The SMILES string of the molecule is C/C=C\C(C1N=CC=NC1=N)N1CCC(CNC(=O)CN(C)CC)CC1. The van der Waals surface area contributed by atoms with Crippen molar-refractivity contribution in [2.45, 2.75) is 38.8 Å². The van der Waals surface area contributed by atoms with Gasteiger partial charge in [0.1, 0.15) is 11.9 Å². The van der Waals surface area contributed by atoms with Gasteiger partial charge in [0.05, 0.1) is 12.6 Å². The number of hydrogen-bond donors (Lipinski definition) is 2. The Labute approximate surface area is 156 Å². The zero-order valence-electron chi connectivity index (χ0n) is 16.2. The van der Waals surface area contributed by atoms with Crippen LogP contribution in [-0.2, 0) is 4.79 Å². The molecule has 0 radical (unpaired) electrons. The monoisotopic (exact) mass is 360 g/mol. The summed E-state index contributed by atoms with van der Waals surface area (Å²) in [5.41, 5.74) is 0. The Hall–Kier alpha value is -1.86. The topological polar surface area (TPSA) is 84.1 Å². The zero-order valence-corrected chi connectivity index (χ0v) is 16.2. The molecular formula is C19H32N6O. The van der Waals surface area contributed by atoms with Gasteiger partial charge in [0.2, 0.25) is 5.91 Å². The lowest BCUT2D eigenvalue weighted by atomic mass is 9.93. The van der Waals surface area contributed by atoms with Crippen molar-refractivity contribution in [1.82, 2.24) is 15.1 Å². The largest absolute Gasteiger partial charge is 0.355 e. The molecule has 2 rings (SSSR count). The van der Waals surface area contributed by atoms with Gasteiger partial charge in [-0.3, -0.25) is 25.0 Å². The molecule has 2 heterocycles. The molecule has 1 amide bonds. The highest BCUT2D eigenvalue weighted by atomic mass is 16.2. The standard InChI is InChI=1S/C19H32N6O/c1-4-6-16(18-19(20)22-10-9-21-18)25-11-7-15(8-12-25)13-23-17(26)14-24(3)5-2/h4,6,9-10,15-16,18,20H,5,7-8,11-14H2,1-3H3,(H,23,26)/b6-4-,20-19?. The van der Waals surface area contributed by atoms with E-state index < -0.39 is 0 Å². The van der Waals surface area contributed by atoms with Crippen LogP contribution in [0.5, 0.6) is 0 Å². The molecule has 2 aliphatic heterocycles. The number of likely N-dealkylation sites (tertiary alicyclic amines) is 1. The van der Waals surface area contributed by atoms with E-state index in [1.165, 1.54) is 0 Å². The summed E-state index contributed by atoms with van der Waals surface area (Å²) in [5.74, 6) is 0.942. The van der Waals surface area contributed by atoms with Gasteiger partial charge in [-0.25, -0.2) is 4.99 Å². The van der Waals surface area contributed by atoms with Crippen molar-refractivity contribution < 1.29 is 4.79 Å². The average molecular weight is 361 g/mol. The Morgan fingerprint density at radius 3 is 2.81 bits per heavy atom. The maximum absolute atomic E-state index is 11.9. The van der Waals surface area contributed by atoms with Crippen molar-refractivity contribution >= 4 is 24.2 Å². The molecule has 2 aliphatic rings. The minimum absolute atomic E-state index is 0.0787. The second-order valence-corrected chi connectivity index (χ2v) is 7.04. The summed E-state index contributed by atoms with van der Waals surface area (Å²) in [6.45, 7) is 8.04. The van der Waals surface area contributed by atoms with Gasteiger partial charge >= 0.3 is 0 Å². The van der Waals surface area contributed by atoms with Crippen molar-refractivity contribution in [1.29, 1.82) is 5.41 Å². The van der Waals surface area contributed by atoms with Crippen molar-refractivity contribution in [3.8, 4) is 0 Å². The molecule has 2 atom stereocenters. The number of rotatable bonds is 8. The fourth-order valence-electron chi connectivity index (χ4n) is 3.39. The van der Waals surface area contributed by atoms with E-state index >= 15 is 0 Å². The molecule has 144 valence electrons. The maximum atomic E-state index is 11.9. The van der Waals surface area contributed by atoms with Crippen molar-refractivity contribution in [2.75, 3.05) is 39.8 Å². The molecule has 0 saturated carbocycles. The number of amidine groups is 1. The molecule has 0 aliphatic carbocycles. The Kier molecular flexibility index (Phi) is 8.12. The normalized spacial score (nSPS) is 23.1.